The number of ether oxygens (including phenoxy) is 1. The van der Waals surface area contributed by atoms with Gasteiger partial charge in [-0.3, -0.25) is 0 Å². The summed E-state index contributed by atoms with van der Waals surface area (Å²) in [5.41, 5.74) is 0. The fourth-order valence-electron chi connectivity index (χ4n) is 1.70. The predicted molar refractivity (Wildman–Crippen MR) is 145 cm³/mol. The molecule has 0 fully saturated rings. The minimum atomic E-state index is -3.61. The van der Waals surface area contributed by atoms with Crippen LogP contribution in [-0.4, -0.2) is 58.0 Å². The Bertz CT molecular complexity index is 1120. The van der Waals surface area contributed by atoms with Gasteiger partial charge in [-0.05, 0) is 43.0 Å². The first-order valence-electron chi connectivity index (χ1n) is 9.93. The molecule has 9 nitrogen and oxygen atoms in total. The minimum absolute atomic E-state index is 0.0640. The smallest absolute Gasteiger partial charge is 0.261 e. The van der Waals surface area contributed by atoms with Gasteiger partial charge < -0.3 is 4.74 Å². The van der Waals surface area contributed by atoms with Crippen LogP contribution in [0.4, 0.5) is 0 Å². The Balaban J connectivity index is -0.000000401. The maximum Gasteiger partial charge on any atom is 0.261 e. The number of methoxy groups -OCH3 is 1. The number of benzene rings is 1. The molecule has 17 heteroatoms. The molecule has 0 spiro atoms. The molecule has 1 rings (SSSR count). The number of hydrogen-bond acceptors (Lipinski definition) is 9. The lowest BCUT2D eigenvalue weighted by Gasteiger charge is -1.99. The molecule has 0 unspecified atom stereocenters. The first-order valence-corrected chi connectivity index (χ1v) is 19.7. The summed E-state index contributed by atoms with van der Waals surface area (Å²) in [7, 11) is 7.90. The largest absolute Gasteiger partial charge is 0.497 e. The van der Waals surface area contributed by atoms with E-state index in [1.807, 2.05) is 6.92 Å². The van der Waals surface area contributed by atoms with Crippen molar-refractivity contribution in [2.45, 2.75) is 51.9 Å². The van der Waals surface area contributed by atoms with Crippen LogP contribution in [0.3, 0.4) is 0 Å². The Morgan fingerprint density at radius 2 is 1.14 bits per heavy atom. The van der Waals surface area contributed by atoms with Crippen molar-refractivity contribution in [1.82, 2.24) is 0 Å². The highest BCUT2D eigenvalue weighted by atomic mass is 35.7. The molecule has 0 amide bonds. The Hall–Kier alpha value is -0.0200. The van der Waals surface area contributed by atoms with Gasteiger partial charge in [-0.1, -0.05) is 34.1 Å². The predicted octanol–water partition coefficient (Wildman–Crippen LogP) is 5.15. The topological polar surface area (TPSA) is 146 Å². The van der Waals surface area contributed by atoms with Crippen LogP contribution in [0.25, 0.3) is 0 Å². The van der Waals surface area contributed by atoms with E-state index in [9.17, 15) is 33.7 Å². The molecule has 210 valence electrons. The molecule has 0 N–H and O–H groups in total. The molecule has 0 aliphatic rings. The fourth-order valence-corrected chi connectivity index (χ4v) is 5.93. The highest BCUT2D eigenvalue weighted by Crippen LogP contribution is 2.18. The summed E-state index contributed by atoms with van der Waals surface area (Å²) in [6.07, 6.45) is 2.11. The normalized spacial score (nSPS) is 11.7. The molecule has 1 aromatic rings. The summed E-state index contributed by atoms with van der Waals surface area (Å²) in [4.78, 5) is 0.0740. The van der Waals surface area contributed by atoms with Crippen molar-refractivity contribution < 1.29 is 38.4 Å². The Labute approximate surface area is 228 Å². The highest BCUT2D eigenvalue weighted by Gasteiger charge is 2.08. The second-order valence-electron chi connectivity index (χ2n) is 7.05. The van der Waals surface area contributed by atoms with E-state index in [0.717, 1.165) is 6.42 Å². The third-order valence-corrected chi connectivity index (χ3v) is 8.47. The lowest BCUT2D eigenvalue weighted by Crippen LogP contribution is -2.03. The van der Waals surface area contributed by atoms with Crippen molar-refractivity contribution in [1.29, 1.82) is 0 Å². The van der Waals surface area contributed by atoms with Gasteiger partial charge in [-0.2, -0.15) is 0 Å². The van der Waals surface area contributed by atoms with Crippen molar-refractivity contribution in [2.24, 2.45) is 5.92 Å². The molecular formula is C18H32Cl4O9S4. The van der Waals surface area contributed by atoms with Crippen LogP contribution < -0.4 is 4.74 Å². The Morgan fingerprint density at radius 3 is 1.29 bits per heavy atom. The summed E-state index contributed by atoms with van der Waals surface area (Å²) in [5, 5.41) is 0. The third kappa shape index (κ3) is 34.0. The summed E-state index contributed by atoms with van der Waals surface area (Å²) in [5.74, 6) is 0.963. The molecule has 35 heavy (non-hydrogen) atoms. The van der Waals surface area contributed by atoms with Crippen LogP contribution in [0.5, 0.6) is 5.75 Å². The average Bonchev–Trinajstić information content (AvgIpc) is 2.64. The van der Waals surface area contributed by atoms with Crippen molar-refractivity contribution >= 4 is 78.9 Å². The van der Waals surface area contributed by atoms with Crippen LogP contribution in [0.15, 0.2) is 29.2 Å². The quantitative estimate of drug-likeness (QED) is 0.328. The highest BCUT2D eigenvalue weighted by molar-refractivity contribution is 8.14. The Kier molecular flexibility index (Phi) is 21.6. The standard InChI is InChI=1S/C7H7ClO3S.2C4H9ClO2S.C3H7ClO2S/c1-11-6-2-4-7(5-3-6)12(8,9)10;1-4(2)3-8(5,6)7;1-2-3-4-8(5,6)7;1-2-3-7(4,5)6/h2-5H,1H3;4H,3H2,1-2H3;2-4H2,1H3;2-3H2,1H3. The maximum atomic E-state index is 10.8. The number of rotatable bonds is 9. The van der Waals surface area contributed by atoms with E-state index in [1.165, 1.54) is 31.4 Å². The van der Waals surface area contributed by atoms with E-state index in [-0.39, 0.29) is 28.1 Å². The van der Waals surface area contributed by atoms with Crippen molar-refractivity contribution in [3.05, 3.63) is 24.3 Å². The second-order valence-corrected chi connectivity index (χ2v) is 18.2. The first kappa shape index (κ1) is 39.5. The number of unbranched alkanes of at least 4 members (excludes halogenated alkanes) is 1. The van der Waals surface area contributed by atoms with Gasteiger partial charge in [0, 0.05) is 42.7 Å². The molecule has 0 aromatic heterocycles. The minimum Gasteiger partial charge on any atom is -0.497 e. The van der Waals surface area contributed by atoms with E-state index >= 15 is 0 Å². The van der Waals surface area contributed by atoms with E-state index in [2.05, 4.69) is 0 Å². The van der Waals surface area contributed by atoms with Crippen LogP contribution in [0, 0.1) is 5.92 Å². The van der Waals surface area contributed by atoms with Crippen LogP contribution in [0.2, 0.25) is 0 Å². The van der Waals surface area contributed by atoms with Gasteiger partial charge in [0.25, 0.3) is 9.05 Å². The lowest BCUT2D eigenvalue weighted by atomic mass is 10.3. The molecular weight excluding hydrogens is 630 g/mol. The van der Waals surface area contributed by atoms with Crippen LogP contribution in [-0.2, 0) is 36.2 Å². The number of hydrogen-bond donors (Lipinski definition) is 0. The van der Waals surface area contributed by atoms with Crippen LogP contribution >= 0.6 is 42.7 Å². The SMILES string of the molecule is CC(C)CS(=O)(=O)Cl.CCCCS(=O)(=O)Cl.CCCS(=O)(=O)Cl.COc1ccc(S(=O)(=O)Cl)cc1. The zero-order valence-corrected chi connectivity index (χ0v) is 26.2. The summed E-state index contributed by atoms with van der Waals surface area (Å²) < 4.78 is 87.1. The molecule has 1 aromatic carbocycles. The van der Waals surface area contributed by atoms with Gasteiger partial charge >= 0.3 is 0 Å². The summed E-state index contributed by atoms with van der Waals surface area (Å²) >= 11 is 0. The van der Waals surface area contributed by atoms with Crippen molar-refractivity contribution in [2.75, 3.05) is 24.4 Å². The van der Waals surface area contributed by atoms with E-state index < -0.39 is 36.2 Å². The van der Waals surface area contributed by atoms with Crippen LogP contribution in [0.1, 0.15) is 47.0 Å². The van der Waals surface area contributed by atoms with Gasteiger partial charge in [0.15, 0.2) is 0 Å². The maximum absolute atomic E-state index is 10.8. The first-order chi connectivity index (χ1) is 15.6. The molecule has 0 radical (unpaired) electrons. The van der Waals surface area contributed by atoms with E-state index in [1.54, 1.807) is 20.8 Å². The molecule has 0 atom stereocenters. The third-order valence-electron chi connectivity index (χ3n) is 3.06. The zero-order chi connectivity index (χ0) is 28.5. The molecule has 0 aliphatic carbocycles. The second kappa shape index (κ2) is 19.1. The number of halogens is 4. The van der Waals surface area contributed by atoms with E-state index in [4.69, 9.17) is 47.5 Å². The molecule has 0 bridgehead atoms. The lowest BCUT2D eigenvalue weighted by molar-refractivity contribution is 0.414. The monoisotopic (exact) mass is 660 g/mol. The van der Waals surface area contributed by atoms with Gasteiger partial charge in [-0.15, -0.1) is 0 Å². The molecule has 0 saturated carbocycles. The van der Waals surface area contributed by atoms with Crippen molar-refractivity contribution in [3.8, 4) is 5.75 Å². The van der Waals surface area contributed by atoms with Gasteiger partial charge in [0.2, 0.25) is 27.2 Å². The molecule has 0 aliphatic heterocycles. The van der Waals surface area contributed by atoms with Gasteiger partial charge in [0.1, 0.15) is 5.75 Å². The van der Waals surface area contributed by atoms with Crippen molar-refractivity contribution in [3.63, 3.8) is 0 Å². The van der Waals surface area contributed by atoms with Gasteiger partial charge in [-0.25, -0.2) is 33.7 Å². The average molecular weight is 663 g/mol. The summed E-state index contributed by atoms with van der Waals surface area (Å²) in [6, 6.07) is 5.85. The zero-order valence-electron chi connectivity index (χ0n) is 19.9. The van der Waals surface area contributed by atoms with E-state index in [0.29, 0.717) is 18.6 Å². The van der Waals surface area contributed by atoms with Gasteiger partial charge in [0.05, 0.1) is 29.3 Å². The Morgan fingerprint density at radius 1 is 0.714 bits per heavy atom. The molecule has 0 saturated heterocycles. The summed E-state index contributed by atoms with van der Waals surface area (Å²) in [6.45, 7) is 7.29. The molecule has 0 heterocycles. The fraction of sp³-hybridized carbons (Fsp3) is 0.667.